The predicted octanol–water partition coefficient (Wildman–Crippen LogP) is 1.13. The fraction of sp³-hybridized carbons (Fsp3) is 1.00. The quantitative estimate of drug-likeness (QED) is 0.781. The van der Waals surface area contributed by atoms with Gasteiger partial charge in [0.1, 0.15) is 0 Å². The van der Waals surface area contributed by atoms with Crippen LogP contribution >= 0.6 is 23.5 Å². The third kappa shape index (κ3) is 3.65. The van der Waals surface area contributed by atoms with Gasteiger partial charge in [-0.2, -0.15) is 23.5 Å². The van der Waals surface area contributed by atoms with Gasteiger partial charge in [-0.05, 0) is 12.2 Å². The van der Waals surface area contributed by atoms with Crippen LogP contribution in [0.5, 0.6) is 0 Å². The number of hydrogen-bond acceptors (Lipinski definition) is 4. The van der Waals surface area contributed by atoms with Gasteiger partial charge in [-0.25, -0.2) is 0 Å². The van der Waals surface area contributed by atoms with Crippen molar-refractivity contribution in [2.75, 3.05) is 49.2 Å². The summed E-state index contributed by atoms with van der Waals surface area (Å²) in [7, 11) is 0. The van der Waals surface area contributed by atoms with Crippen molar-refractivity contribution in [3.63, 3.8) is 0 Å². The van der Waals surface area contributed by atoms with Crippen LogP contribution in [0.3, 0.4) is 0 Å². The molecule has 2 saturated heterocycles. The van der Waals surface area contributed by atoms with Crippen molar-refractivity contribution >= 4 is 23.5 Å². The maximum absolute atomic E-state index is 3.66. The van der Waals surface area contributed by atoms with Gasteiger partial charge in [0.2, 0.25) is 0 Å². The second-order valence-electron chi connectivity index (χ2n) is 3.97. The molecular formula is C10H20N2S2. The van der Waals surface area contributed by atoms with Crippen LogP contribution < -0.4 is 5.32 Å². The molecule has 2 aliphatic rings. The van der Waals surface area contributed by atoms with Crippen molar-refractivity contribution in [2.45, 2.75) is 12.5 Å². The zero-order chi connectivity index (χ0) is 9.64. The Hall–Kier alpha value is 0.620. The van der Waals surface area contributed by atoms with E-state index in [-0.39, 0.29) is 0 Å². The highest BCUT2D eigenvalue weighted by molar-refractivity contribution is 7.99. The van der Waals surface area contributed by atoms with Gasteiger partial charge in [0, 0.05) is 49.5 Å². The molecule has 0 bridgehead atoms. The lowest BCUT2D eigenvalue weighted by Crippen LogP contribution is -2.40. The van der Waals surface area contributed by atoms with Gasteiger partial charge in [0.15, 0.2) is 0 Å². The van der Waals surface area contributed by atoms with Crippen LogP contribution in [0.1, 0.15) is 6.42 Å². The lowest BCUT2D eigenvalue weighted by atomic mass is 10.2. The standard InChI is InChI=1S/C10H20N2S2/c1-6-14-9-10(1)11-2-3-12-4-7-13-8-5-12/h10-11H,1-9H2. The van der Waals surface area contributed by atoms with Gasteiger partial charge in [-0.3, -0.25) is 0 Å². The van der Waals surface area contributed by atoms with Gasteiger partial charge in [0.25, 0.3) is 0 Å². The molecule has 2 aliphatic heterocycles. The summed E-state index contributed by atoms with van der Waals surface area (Å²) in [6.45, 7) is 5.04. The van der Waals surface area contributed by atoms with E-state index in [2.05, 4.69) is 33.7 Å². The molecule has 0 aromatic carbocycles. The van der Waals surface area contributed by atoms with E-state index in [0.29, 0.717) is 0 Å². The van der Waals surface area contributed by atoms with E-state index in [9.17, 15) is 0 Å². The van der Waals surface area contributed by atoms with E-state index < -0.39 is 0 Å². The average molecular weight is 232 g/mol. The van der Waals surface area contributed by atoms with Gasteiger partial charge in [0.05, 0.1) is 0 Å². The molecule has 0 amide bonds. The number of nitrogens with zero attached hydrogens (tertiary/aromatic N) is 1. The lowest BCUT2D eigenvalue weighted by Gasteiger charge is -2.26. The van der Waals surface area contributed by atoms with Crippen LogP contribution in [0.2, 0.25) is 0 Å². The topological polar surface area (TPSA) is 15.3 Å². The maximum atomic E-state index is 3.66. The summed E-state index contributed by atoms with van der Waals surface area (Å²) in [5, 5.41) is 3.66. The number of rotatable bonds is 4. The molecule has 2 fully saturated rings. The van der Waals surface area contributed by atoms with Crippen molar-refractivity contribution in [3.8, 4) is 0 Å². The maximum Gasteiger partial charge on any atom is 0.0166 e. The number of thioether (sulfide) groups is 2. The smallest absolute Gasteiger partial charge is 0.0166 e. The normalized spacial score (nSPS) is 29.6. The number of hydrogen-bond donors (Lipinski definition) is 1. The first-order chi connectivity index (χ1) is 6.95. The molecule has 14 heavy (non-hydrogen) atoms. The van der Waals surface area contributed by atoms with Crippen LogP contribution in [0.4, 0.5) is 0 Å². The third-order valence-electron chi connectivity index (χ3n) is 2.89. The van der Waals surface area contributed by atoms with Crippen molar-refractivity contribution in [3.05, 3.63) is 0 Å². The molecule has 2 rings (SSSR count). The summed E-state index contributed by atoms with van der Waals surface area (Å²) < 4.78 is 0. The van der Waals surface area contributed by atoms with Crippen LogP contribution in [0, 0.1) is 0 Å². The van der Waals surface area contributed by atoms with Crippen molar-refractivity contribution in [1.82, 2.24) is 10.2 Å². The molecule has 0 saturated carbocycles. The highest BCUT2D eigenvalue weighted by atomic mass is 32.2. The molecule has 0 aliphatic carbocycles. The highest BCUT2D eigenvalue weighted by Gasteiger charge is 2.15. The molecule has 82 valence electrons. The molecule has 1 N–H and O–H groups in total. The van der Waals surface area contributed by atoms with Gasteiger partial charge in [-0.15, -0.1) is 0 Å². The zero-order valence-corrected chi connectivity index (χ0v) is 10.3. The molecule has 0 spiro atoms. The van der Waals surface area contributed by atoms with E-state index in [4.69, 9.17) is 0 Å². The second-order valence-corrected chi connectivity index (χ2v) is 6.34. The van der Waals surface area contributed by atoms with Crippen LogP contribution in [0.25, 0.3) is 0 Å². The first-order valence-corrected chi connectivity index (χ1v) is 7.87. The Balaban J connectivity index is 1.52. The summed E-state index contributed by atoms with van der Waals surface area (Å²) in [5.74, 6) is 5.35. The first-order valence-electron chi connectivity index (χ1n) is 5.56. The first kappa shape index (κ1) is 11.1. The van der Waals surface area contributed by atoms with E-state index in [0.717, 1.165) is 6.04 Å². The molecule has 0 aromatic heterocycles. The Kier molecular flexibility index (Phi) is 4.97. The minimum absolute atomic E-state index is 0.805. The molecule has 2 heterocycles. The van der Waals surface area contributed by atoms with Crippen LogP contribution in [-0.4, -0.2) is 60.1 Å². The molecule has 1 atom stereocenters. The molecular weight excluding hydrogens is 212 g/mol. The fourth-order valence-electron chi connectivity index (χ4n) is 1.95. The summed E-state index contributed by atoms with van der Waals surface area (Å²) in [6, 6.07) is 0.805. The third-order valence-corrected chi connectivity index (χ3v) is 5.00. The highest BCUT2D eigenvalue weighted by Crippen LogP contribution is 2.16. The molecule has 1 unspecified atom stereocenters. The van der Waals surface area contributed by atoms with E-state index in [1.807, 2.05) is 0 Å². The van der Waals surface area contributed by atoms with Crippen LogP contribution in [-0.2, 0) is 0 Å². The second kappa shape index (κ2) is 6.26. The fourth-order valence-corrected chi connectivity index (χ4v) is 4.11. The summed E-state index contributed by atoms with van der Waals surface area (Å²) in [5.41, 5.74) is 0. The average Bonchev–Trinajstić information content (AvgIpc) is 2.72. The van der Waals surface area contributed by atoms with Crippen molar-refractivity contribution < 1.29 is 0 Å². The van der Waals surface area contributed by atoms with E-state index in [1.54, 1.807) is 0 Å². The Morgan fingerprint density at radius 1 is 1.14 bits per heavy atom. The predicted molar refractivity (Wildman–Crippen MR) is 67.5 cm³/mol. The monoisotopic (exact) mass is 232 g/mol. The summed E-state index contributed by atoms with van der Waals surface area (Å²) in [4.78, 5) is 2.59. The minimum Gasteiger partial charge on any atom is -0.312 e. The summed E-state index contributed by atoms with van der Waals surface area (Å²) >= 11 is 4.18. The molecule has 4 heteroatoms. The SMILES string of the molecule is C(CN1CCSCC1)NC1CCSC1. The lowest BCUT2D eigenvalue weighted by molar-refractivity contribution is 0.297. The van der Waals surface area contributed by atoms with Crippen LogP contribution in [0.15, 0.2) is 0 Å². The molecule has 2 nitrogen and oxygen atoms in total. The van der Waals surface area contributed by atoms with Gasteiger partial charge < -0.3 is 10.2 Å². The minimum atomic E-state index is 0.805. The van der Waals surface area contributed by atoms with Crippen molar-refractivity contribution in [2.24, 2.45) is 0 Å². The zero-order valence-electron chi connectivity index (χ0n) is 8.71. The van der Waals surface area contributed by atoms with Gasteiger partial charge >= 0.3 is 0 Å². The molecule has 0 radical (unpaired) electrons. The summed E-state index contributed by atoms with van der Waals surface area (Å²) in [6.07, 6.45) is 1.38. The number of nitrogens with one attached hydrogen (secondary N) is 1. The molecule has 0 aromatic rings. The Morgan fingerprint density at radius 2 is 2.00 bits per heavy atom. The van der Waals surface area contributed by atoms with E-state index in [1.165, 1.54) is 55.6 Å². The van der Waals surface area contributed by atoms with Gasteiger partial charge in [-0.1, -0.05) is 0 Å². The van der Waals surface area contributed by atoms with Crippen molar-refractivity contribution in [1.29, 1.82) is 0 Å². The Morgan fingerprint density at radius 3 is 2.71 bits per heavy atom. The largest absolute Gasteiger partial charge is 0.312 e. The Labute approximate surface area is 95.6 Å². The van der Waals surface area contributed by atoms with E-state index >= 15 is 0 Å². The Bertz CT molecular complexity index is 154.